The third-order valence-electron chi connectivity index (χ3n) is 3.40. The summed E-state index contributed by atoms with van der Waals surface area (Å²) in [4.78, 5) is 13.6. The van der Waals surface area contributed by atoms with E-state index >= 15 is 0 Å². The van der Waals surface area contributed by atoms with Gasteiger partial charge in [-0.3, -0.25) is 0 Å². The summed E-state index contributed by atoms with van der Waals surface area (Å²) in [5.74, 6) is -2.18. The van der Waals surface area contributed by atoms with Crippen molar-refractivity contribution >= 4 is 28.2 Å². The number of rotatable bonds is 4. The molecule has 0 aliphatic heterocycles. The molecule has 2 aromatic carbocycles. The van der Waals surface area contributed by atoms with Crippen molar-refractivity contribution in [3.63, 3.8) is 0 Å². The monoisotopic (exact) mass is 318 g/mol. The Morgan fingerprint density at radius 3 is 2.61 bits per heavy atom. The second-order valence-electron chi connectivity index (χ2n) is 4.85. The first-order valence-electron chi connectivity index (χ1n) is 6.64. The highest BCUT2D eigenvalue weighted by Crippen LogP contribution is 2.31. The van der Waals surface area contributed by atoms with Crippen LogP contribution in [-0.2, 0) is 0 Å². The van der Waals surface area contributed by atoms with Gasteiger partial charge in [0.15, 0.2) is 11.6 Å². The van der Waals surface area contributed by atoms with Crippen LogP contribution in [0.3, 0.4) is 0 Å². The number of carboxylic acid groups (broad SMARTS) is 1. The van der Waals surface area contributed by atoms with Gasteiger partial charge in [0.1, 0.15) is 11.5 Å². The number of anilines is 2. The summed E-state index contributed by atoms with van der Waals surface area (Å²) >= 11 is 0. The molecule has 1 heterocycles. The number of hydrogen-bond donors (Lipinski definition) is 3. The number of ether oxygens (including phenoxy) is 1. The molecule has 1 aromatic heterocycles. The smallest absolute Gasteiger partial charge is 0.352 e. The molecule has 0 fully saturated rings. The maximum absolute atomic E-state index is 13.8. The lowest BCUT2D eigenvalue weighted by Crippen LogP contribution is -1.95. The van der Waals surface area contributed by atoms with Gasteiger partial charge in [0, 0.05) is 22.8 Å². The van der Waals surface area contributed by atoms with E-state index in [1.165, 1.54) is 43.5 Å². The maximum Gasteiger partial charge on any atom is 0.352 e. The summed E-state index contributed by atoms with van der Waals surface area (Å²) in [7, 11) is 1.35. The van der Waals surface area contributed by atoms with Gasteiger partial charge in [0.25, 0.3) is 0 Å². The van der Waals surface area contributed by atoms with Crippen molar-refractivity contribution in [2.75, 3.05) is 12.4 Å². The van der Waals surface area contributed by atoms with Gasteiger partial charge in [-0.2, -0.15) is 0 Å². The molecule has 0 spiro atoms. The molecule has 0 saturated heterocycles. The third-order valence-corrected chi connectivity index (χ3v) is 3.40. The highest BCUT2D eigenvalue weighted by atomic mass is 19.1. The Kier molecular flexibility index (Phi) is 3.61. The Hall–Kier alpha value is -3.09. The standard InChI is InChI=1S/C16H12F2N2O3/c1-23-14-6-8(2-3-10(14)17)19-12-5-4-11(18)15-9(12)7-13(20-15)16(21)22/h2-7,19-20H,1H3,(H,21,22). The van der Waals surface area contributed by atoms with Crippen LogP contribution in [0.15, 0.2) is 36.4 Å². The van der Waals surface area contributed by atoms with Crippen molar-refractivity contribution < 1.29 is 23.4 Å². The van der Waals surface area contributed by atoms with Crippen LogP contribution in [0.2, 0.25) is 0 Å². The van der Waals surface area contributed by atoms with E-state index in [2.05, 4.69) is 10.3 Å². The lowest BCUT2D eigenvalue weighted by Gasteiger charge is -2.10. The Labute approximate surface area is 129 Å². The van der Waals surface area contributed by atoms with Gasteiger partial charge in [0.2, 0.25) is 0 Å². The molecule has 3 aromatic rings. The van der Waals surface area contributed by atoms with E-state index in [0.29, 0.717) is 16.8 Å². The number of methoxy groups -OCH3 is 1. The molecule has 7 heteroatoms. The second-order valence-corrected chi connectivity index (χ2v) is 4.85. The molecular weight excluding hydrogens is 306 g/mol. The van der Waals surface area contributed by atoms with E-state index in [9.17, 15) is 13.6 Å². The van der Waals surface area contributed by atoms with Crippen LogP contribution < -0.4 is 10.1 Å². The molecule has 0 unspecified atom stereocenters. The number of nitrogens with one attached hydrogen (secondary N) is 2. The normalized spacial score (nSPS) is 10.7. The molecule has 0 saturated carbocycles. The molecule has 0 radical (unpaired) electrons. The van der Waals surface area contributed by atoms with Crippen molar-refractivity contribution in [3.8, 4) is 5.75 Å². The number of aromatic carboxylic acids is 1. The van der Waals surface area contributed by atoms with Crippen LogP contribution in [0, 0.1) is 11.6 Å². The second kappa shape index (κ2) is 5.60. The van der Waals surface area contributed by atoms with E-state index in [1.807, 2.05) is 0 Å². The Morgan fingerprint density at radius 1 is 1.17 bits per heavy atom. The molecule has 0 amide bonds. The number of fused-ring (bicyclic) bond motifs is 1. The predicted octanol–water partition coefficient (Wildman–Crippen LogP) is 3.90. The molecule has 23 heavy (non-hydrogen) atoms. The van der Waals surface area contributed by atoms with Crippen molar-refractivity contribution in [2.45, 2.75) is 0 Å². The first kappa shape index (κ1) is 14.8. The fourth-order valence-corrected chi connectivity index (χ4v) is 2.30. The highest BCUT2D eigenvalue weighted by molar-refractivity contribution is 6.00. The van der Waals surface area contributed by atoms with E-state index in [-0.39, 0.29) is 17.0 Å². The zero-order valence-corrected chi connectivity index (χ0v) is 12.0. The molecular formula is C16H12F2N2O3. The zero-order valence-electron chi connectivity index (χ0n) is 12.0. The van der Waals surface area contributed by atoms with E-state index < -0.39 is 17.6 Å². The number of aromatic amines is 1. The summed E-state index contributed by atoms with van der Waals surface area (Å²) in [5, 5.41) is 12.4. The van der Waals surface area contributed by atoms with Crippen LogP contribution in [0.25, 0.3) is 10.9 Å². The SMILES string of the molecule is COc1cc(Nc2ccc(F)c3[nH]c(C(=O)O)cc23)ccc1F. The molecule has 0 bridgehead atoms. The average Bonchev–Trinajstić information content (AvgIpc) is 2.98. The fourth-order valence-electron chi connectivity index (χ4n) is 2.30. The quantitative estimate of drug-likeness (QED) is 0.682. The van der Waals surface area contributed by atoms with Crippen LogP contribution in [0.1, 0.15) is 10.5 Å². The molecule has 0 aliphatic rings. The largest absolute Gasteiger partial charge is 0.494 e. The first-order chi connectivity index (χ1) is 11.0. The number of hydrogen-bond acceptors (Lipinski definition) is 3. The Balaban J connectivity index is 2.06. The minimum atomic E-state index is -1.19. The summed E-state index contributed by atoms with van der Waals surface area (Å²) in [6.07, 6.45) is 0. The van der Waals surface area contributed by atoms with Crippen molar-refractivity contribution in [1.29, 1.82) is 0 Å². The molecule has 3 rings (SSSR count). The lowest BCUT2D eigenvalue weighted by molar-refractivity contribution is 0.0691. The Morgan fingerprint density at radius 2 is 1.91 bits per heavy atom. The van der Waals surface area contributed by atoms with Crippen molar-refractivity contribution in [3.05, 3.63) is 53.7 Å². The highest BCUT2D eigenvalue weighted by Gasteiger charge is 2.14. The first-order valence-corrected chi connectivity index (χ1v) is 6.64. The van der Waals surface area contributed by atoms with Crippen LogP contribution in [0.4, 0.5) is 20.2 Å². The number of H-pyrrole nitrogens is 1. The summed E-state index contributed by atoms with van der Waals surface area (Å²) < 4.78 is 32.2. The predicted molar refractivity (Wildman–Crippen MR) is 81.5 cm³/mol. The third kappa shape index (κ3) is 2.68. The summed E-state index contributed by atoms with van der Waals surface area (Å²) in [6.45, 7) is 0. The average molecular weight is 318 g/mol. The van der Waals surface area contributed by atoms with Gasteiger partial charge in [-0.05, 0) is 30.3 Å². The van der Waals surface area contributed by atoms with E-state index in [4.69, 9.17) is 9.84 Å². The van der Waals surface area contributed by atoms with Crippen LogP contribution in [0.5, 0.6) is 5.75 Å². The van der Waals surface area contributed by atoms with Gasteiger partial charge in [-0.25, -0.2) is 13.6 Å². The minimum Gasteiger partial charge on any atom is -0.494 e. The number of aromatic nitrogens is 1. The number of halogens is 2. The van der Waals surface area contributed by atoms with Crippen molar-refractivity contribution in [2.24, 2.45) is 0 Å². The Bertz CT molecular complexity index is 906. The molecule has 5 nitrogen and oxygen atoms in total. The van der Waals surface area contributed by atoms with Gasteiger partial charge in [0.05, 0.1) is 12.6 Å². The molecule has 0 atom stereocenters. The van der Waals surface area contributed by atoms with Gasteiger partial charge in [-0.1, -0.05) is 0 Å². The number of carboxylic acids is 1. The van der Waals surface area contributed by atoms with Crippen molar-refractivity contribution in [1.82, 2.24) is 4.98 Å². The summed E-state index contributed by atoms with van der Waals surface area (Å²) in [6, 6.07) is 8.22. The molecule has 0 aliphatic carbocycles. The van der Waals surface area contributed by atoms with Gasteiger partial charge >= 0.3 is 5.97 Å². The lowest BCUT2D eigenvalue weighted by atomic mass is 10.2. The van der Waals surface area contributed by atoms with Crippen LogP contribution >= 0.6 is 0 Å². The zero-order chi connectivity index (χ0) is 16.6. The summed E-state index contributed by atoms with van der Waals surface area (Å²) in [5.41, 5.74) is 0.972. The van der Waals surface area contributed by atoms with E-state index in [1.54, 1.807) is 0 Å². The number of benzene rings is 2. The maximum atomic E-state index is 13.8. The minimum absolute atomic E-state index is 0.0636. The van der Waals surface area contributed by atoms with Crippen LogP contribution in [-0.4, -0.2) is 23.2 Å². The number of carbonyl (C=O) groups is 1. The fraction of sp³-hybridized carbons (Fsp3) is 0.0625. The topological polar surface area (TPSA) is 74.3 Å². The molecule has 118 valence electrons. The van der Waals surface area contributed by atoms with E-state index in [0.717, 1.165) is 0 Å². The van der Waals surface area contributed by atoms with Gasteiger partial charge in [-0.15, -0.1) is 0 Å². The van der Waals surface area contributed by atoms with Gasteiger partial charge < -0.3 is 20.1 Å². The molecule has 3 N–H and O–H groups in total.